The number of aliphatic carboxylic acids is 1. The molecule has 0 aromatic carbocycles. The van der Waals surface area contributed by atoms with E-state index in [1.807, 2.05) is 0 Å². The molecular weight excluding hydrogens is 222 g/mol. The number of amides is 1. The summed E-state index contributed by atoms with van der Waals surface area (Å²) in [6.45, 7) is 1.81. The summed E-state index contributed by atoms with van der Waals surface area (Å²) in [5.74, 6) is -1.28. The van der Waals surface area contributed by atoms with E-state index in [4.69, 9.17) is 10.8 Å². The van der Waals surface area contributed by atoms with Gasteiger partial charge in [-0.2, -0.15) is 0 Å². The molecule has 0 bridgehead atoms. The number of carboxylic acid groups (broad SMARTS) is 1. The highest BCUT2D eigenvalue weighted by Gasteiger charge is 2.15. The molecule has 1 rings (SSSR count). The molecule has 6 nitrogen and oxygen atoms in total. The number of nitrogens with two attached hydrogens (primary N) is 1. The molecule has 0 saturated heterocycles. The number of carbonyl (C=O) groups excluding carboxylic acids is 1. The molecule has 0 aliphatic rings. The molecule has 0 aliphatic carbocycles. The van der Waals surface area contributed by atoms with Crippen LogP contribution in [-0.2, 0) is 16.0 Å². The molecule has 0 unspecified atom stereocenters. The first-order valence-corrected chi connectivity index (χ1v) is 5.23. The van der Waals surface area contributed by atoms with E-state index in [2.05, 4.69) is 4.98 Å². The van der Waals surface area contributed by atoms with Gasteiger partial charge in [-0.1, -0.05) is 0 Å². The van der Waals surface area contributed by atoms with Crippen LogP contribution in [0.5, 0.6) is 0 Å². The Morgan fingerprint density at radius 2 is 2.18 bits per heavy atom. The van der Waals surface area contributed by atoms with Crippen molar-refractivity contribution < 1.29 is 14.7 Å². The summed E-state index contributed by atoms with van der Waals surface area (Å²) >= 11 is 0. The Morgan fingerprint density at radius 3 is 2.65 bits per heavy atom. The lowest BCUT2D eigenvalue weighted by atomic mass is 10.2. The van der Waals surface area contributed by atoms with Gasteiger partial charge in [0.15, 0.2) is 0 Å². The van der Waals surface area contributed by atoms with Gasteiger partial charge in [0.05, 0.1) is 18.3 Å². The fourth-order valence-electron chi connectivity index (χ4n) is 1.35. The van der Waals surface area contributed by atoms with E-state index in [0.717, 1.165) is 0 Å². The second-order valence-corrected chi connectivity index (χ2v) is 3.56. The number of aromatic nitrogens is 1. The van der Waals surface area contributed by atoms with Gasteiger partial charge in [0.2, 0.25) is 5.91 Å². The van der Waals surface area contributed by atoms with Crippen LogP contribution in [0.1, 0.15) is 12.6 Å². The minimum atomic E-state index is -1.02. The maximum Gasteiger partial charge on any atom is 0.323 e. The van der Waals surface area contributed by atoms with Crippen LogP contribution in [0, 0.1) is 0 Å². The smallest absolute Gasteiger partial charge is 0.323 e. The minimum Gasteiger partial charge on any atom is -0.480 e. The van der Waals surface area contributed by atoms with Crippen molar-refractivity contribution in [2.24, 2.45) is 0 Å². The molecule has 1 aromatic heterocycles. The van der Waals surface area contributed by atoms with Gasteiger partial charge < -0.3 is 15.7 Å². The Bertz CT molecular complexity index is 403. The van der Waals surface area contributed by atoms with Crippen LogP contribution in [0.25, 0.3) is 0 Å². The average Bonchev–Trinajstić information content (AvgIpc) is 2.28. The first kappa shape index (κ1) is 13.0. The van der Waals surface area contributed by atoms with E-state index in [-0.39, 0.29) is 18.9 Å². The van der Waals surface area contributed by atoms with Gasteiger partial charge in [-0.05, 0) is 19.1 Å². The second-order valence-electron chi connectivity index (χ2n) is 3.56. The Kier molecular flexibility index (Phi) is 4.45. The first-order chi connectivity index (χ1) is 8.02. The van der Waals surface area contributed by atoms with Gasteiger partial charge in [-0.25, -0.2) is 0 Å². The fraction of sp³-hybridized carbons (Fsp3) is 0.364. The number of carboxylic acids is 1. The molecule has 0 aliphatic heterocycles. The predicted octanol–water partition coefficient (Wildman–Crippen LogP) is 0.139. The van der Waals surface area contributed by atoms with E-state index >= 15 is 0 Å². The normalized spacial score (nSPS) is 9.94. The van der Waals surface area contributed by atoms with Crippen LogP contribution < -0.4 is 5.73 Å². The lowest BCUT2D eigenvalue weighted by Crippen LogP contribution is -2.36. The quantitative estimate of drug-likeness (QED) is 0.759. The SMILES string of the molecule is CCN(CC(=O)O)C(=O)Cc1ccc(N)cn1. The number of nitrogens with zero attached hydrogens (tertiary/aromatic N) is 2. The van der Waals surface area contributed by atoms with E-state index in [1.54, 1.807) is 19.1 Å². The molecule has 0 fully saturated rings. The number of anilines is 1. The molecular formula is C11H15N3O3. The summed E-state index contributed by atoms with van der Waals surface area (Å²) in [5.41, 5.74) is 6.58. The zero-order chi connectivity index (χ0) is 12.8. The third kappa shape index (κ3) is 4.10. The van der Waals surface area contributed by atoms with Gasteiger partial charge in [-0.3, -0.25) is 14.6 Å². The lowest BCUT2D eigenvalue weighted by Gasteiger charge is -2.18. The van der Waals surface area contributed by atoms with Crippen molar-refractivity contribution >= 4 is 17.6 Å². The van der Waals surface area contributed by atoms with Gasteiger partial charge >= 0.3 is 5.97 Å². The average molecular weight is 237 g/mol. The highest BCUT2D eigenvalue weighted by atomic mass is 16.4. The summed E-state index contributed by atoms with van der Waals surface area (Å²) in [5, 5.41) is 8.64. The van der Waals surface area contributed by atoms with E-state index in [1.165, 1.54) is 11.1 Å². The molecule has 0 atom stereocenters. The number of hydrogen-bond acceptors (Lipinski definition) is 4. The summed E-state index contributed by atoms with van der Waals surface area (Å²) in [7, 11) is 0. The van der Waals surface area contributed by atoms with Crippen LogP contribution in [-0.4, -0.2) is 40.0 Å². The van der Waals surface area contributed by atoms with Crippen molar-refractivity contribution in [1.82, 2.24) is 9.88 Å². The predicted molar refractivity (Wildman–Crippen MR) is 62.2 cm³/mol. The van der Waals surface area contributed by atoms with Crippen LogP contribution in [0.3, 0.4) is 0 Å². The number of likely N-dealkylation sites (N-methyl/N-ethyl adjacent to an activating group) is 1. The Morgan fingerprint density at radius 1 is 1.47 bits per heavy atom. The molecule has 17 heavy (non-hydrogen) atoms. The Balaban J connectivity index is 2.63. The number of rotatable bonds is 5. The van der Waals surface area contributed by atoms with Crippen LogP contribution in [0.15, 0.2) is 18.3 Å². The molecule has 0 spiro atoms. The molecule has 6 heteroatoms. The van der Waals surface area contributed by atoms with Gasteiger partial charge in [-0.15, -0.1) is 0 Å². The maximum absolute atomic E-state index is 11.8. The summed E-state index contributed by atoms with van der Waals surface area (Å²) in [6, 6.07) is 3.31. The molecule has 1 aromatic rings. The van der Waals surface area contributed by atoms with Crippen molar-refractivity contribution in [2.75, 3.05) is 18.8 Å². The third-order valence-electron chi connectivity index (χ3n) is 2.24. The monoisotopic (exact) mass is 237 g/mol. The van der Waals surface area contributed by atoms with Crippen molar-refractivity contribution in [2.45, 2.75) is 13.3 Å². The van der Waals surface area contributed by atoms with Gasteiger partial charge in [0.25, 0.3) is 0 Å². The van der Waals surface area contributed by atoms with E-state index in [9.17, 15) is 9.59 Å². The van der Waals surface area contributed by atoms with Crippen molar-refractivity contribution in [3.05, 3.63) is 24.0 Å². The lowest BCUT2D eigenvalue weighted by molar-refractivity contribution is -0.144. The second kappa shape index (κ2) is 5.83. The van der Waals surface area contributed by atoms with Crippen LogP contribution in [0.2, 0.25) is 0 Å². The zero-order valence-corrected chi connectivity index (χ0v) is 9.59. The number of hydrogen-bond donors (Lipinski definition) is 2. The van der Waals surface area contributed by atoms with Gasteiger partial charge in [0.1, 0.15) is 6.54 Å². The summed E-state index contributed by atoms with van der Waals surface area (Å²) in [6.07, 6.45) is 1.55. The van der Waals surface area contributed by atoms with Crippen LogP contribution in [0.4, 0.5) is 5.69 Å². The van der Waals surface area contributed by atoms with E-state index < -0.39 is 5.97 Å². The van der Waals surface area contributed by atoms with Crippen LogP contribution >= 0.6 is 0 Å². The highest BCUT2D eigenvalue weighted by Crippen LogP contribution is 2.04. The van der Waals surface area contributed by atoms with E-state index in [0.29, 0.717) is 17.9 Å². The maximum atomic E-state index is 11.8. The third-order valence-corrected chi connectivity index (χ3v) is 2.24. The molecule has 1 heterocycles. The summed E-state index contributed by atoms with van der Waals surface area (Å²) in [4.78, 5) is 27.6. The first-order valence-electron chi connectivity index (χ1n) is 5.23. The molecule has 92 valence electrons. The molecule has 1 amide bonds. The standard InChI is InChI=1S/C11H15N3O3/c1-2-14(7-11(16)17)10(15)5-9-4-3-8(12)6-13-9/h3-4,6H,2,5,7,12H2,1H3,(H,16,17). The minimum absolute atomic E-state index is 0.0847. The number of carbonyl (C=O) groups is 2. The molecule has 3 N–H and O–H groups in total. The number of pyridine rings is 1. The van der Waals surface area contributed by atoms with Gasteiger partial charge in [0, 0.05) is 12.2 Å². The number of nitrogen functional groups attached to an aromatic ring is 1. The fourth-order valence-corrected chi connectivity index (χ4v) is 1.35. The highest BCUT2D eigenvalue weighted by molar-refractivity contribution is 5.82. The zero-order valence-electron chi connectivity index (χ0n) is 9.59. The van der Waals surface area contributed by atoms with Crippen molar-refractivity contribution in [3.8, 4) is 0 Å². The molecule has 0 saturated carbocycles. The Hall–Kier alpha value is -2.11. The topological polar surface area (TPSA) is 96.5 Å². The largest absolute Gasteiger partial charge is 0.480 e. The van der Waals surface area contributed by atoms with Crippen molar-refractivity contribution in [3.63, 3.8) is 0 Å². The van der Waals surface area contributed by atoms with Crippen molar-refractivity contribution in [1.29, 1.82) is 0 Å². The molecule has 0 radical (unpaired) electrons. The Labute approximate surface area is 99.1 Å². The summed E-state index contributed by atoms with van der Waals surface area (Å²) < 4.78 is 0.